The van der Waals surface area contributed by atoms with Crippen molar-refractivity contribution < 1.29 is 4.74 Å². The number of anilines is 3. The van der Waals surface area contributed by atoms with Gasteiger partial charge in [-0.3, -0.25) is 0 Å². The molecule has 2 nitrogen and oxygen atoms in total. The summed E-state index contributed by atoms with van der Waals surface area (Å²) in [6, 6.07) is 64.4. The lowest BCUT2D eigenvalue weighted by Gasteiger charge is -2.35. The maximum absolute atomic E-state index is 6.84. The summed E-state index contributed by atoms with van der Waals surface area (Å²) in [5, 5.41) is 2.49. The fourth-order valence-corrected chi connectivity index (χ4v) is 10.5. The van der Waals surface area contributed by atoms with Crippen LogP contribution in [0.1, 0.15) is 76.6 Å². The second kappa shape index (κ2) is 16.9. The van der Waals surface area contributed by atoms with Crippen LogP contribution >= 0.6 is 11.3 Å². The van der Waals surface area contributed by atoms with Crippen LogP contribution in [0, 0.1) is 0 Å². The lowest BCUT2D eigenvalue weighted by Crippen LogP contribution is -2.24. The zero-order chi connectivity index (χ0) is 43.9. The molecule has 0 bridgehead atoms. The Morgan fingerprint density at radius 1 is 0.460 bits per heavy atom. The number of thiophene rings is 1. The van der Waals surface area contributed by atoms with Crippen molar-refractivity contribution in [3.05, 3.63) is 211 Å². The Bertz CT molecular complexity index is 3080. The van der Waals surface area contributed by atoms with E-state index in [0.717, 1.165) is 28.6 Å². The zero-order valence-corrected chi connectivity index (χ0v) is 38.2. The maximum atomic E-state index is 6.84. The van der Waals surface area contributed by atoms with E-state index in [0.29, 0.717) is 0 Å². The molecule has 0 fully saturated rings. The SMILES string of the molecule is C=C.CC1(C)c2ccccc2-c2ccc(N(c3ccc(-c4ccccc4)cc3)c3ccc(-c4ccc5c(c4)C(C)(C)c4ccc6sc7ccccc7c6c4O5)cc3)cc21.CCCC. The molecule has 0 unspecified atom stereocenters. The van der Waals surface area contributed by atoms with Gasteiger partial charge in [0.05, 0.1) is 0 Å². The average Bonchev–Trinajstić information content (AvgIpc) is 3.82. The molecule has 8 aromatic carbocycles. The van der Waals surface area contributed by atoms with E-state index in [1.165, 1.54) is 88.6 Å². The molecule has 2 heterocycles. The summed E-state index contributed by atoms with van der Waals surface area (Å²) in [6.07, 6.45) is 2.64. The van der Waals surface area contributed by atoms with Crippen molar-refractivity contribution in [1.29, 1.82) is 0 Å². The van der Waals surface area contributed by atoms with E-state index in [9.17, 15) is 0 Å². The minimum absolute atomic E-state index is 0.0947. The third-order valence-electron chi connectivity index (χ3n) is 13.1. The van der Waals surface area contributed by atoms with Gasteiger partial charge in [0.25, 0.3) is 0 Å². The number of ether oxygens (including phenoxy) is 1. The summed E-state index contributed by atoms with van der Waals surface area (Å²) in [5.74, 6) is 1.93. The molecule has 63 heavy (non-hydrogen) atoms. The van der Waals surface area contributed by atoms with Crippen molar-refractivity contribution in [3.8, 4) is 44.9 Å². The number of hydrogen-bond acceptors (Lipinski definition) is 3. The molecule has 11 rings (SSSR count). The van der Waals surface area contributed by atoms with Crippen LogP contribution in [0.4, 0.5) is 17.1 Å². The molecule has 0 saturated carbocycles. The van der Waals surface area contributed by atoms with Crippen LogP contribution in [-0.2, 0) is 10.8 Å². The van der Waals surface area contributed by atoms with Crippen LogP contribution in [0.3, 0.4) is 0 Å². The highest BCUT2D eigenvalue weighted by Crippen LogP contribution is 2.54. The van der Waals surface area contributed by atoms with Gasteiger partial charge in [0.15, 0.2) is 0 Å². The number of fused-ring (bicyclic) bond motifs is 9. The van der Waals surface area contributed by atoms with Gasteiger partial charge >= 0.3 is 0 Å². The van der Waals surface area contributed by atoms with Crippen molar-refractivity contribution in [1.82, 2.24) is 0 Å². The molecular weight excluding hydrogens is 783 g/mol. The quantitative estimate of drug-likeness (QED) is 0.155. The summed E-state index contributed by atoms with van der Waals surface area (Å²) in [5.41, 5.74) is 15.7. The minimum atomic E-state index is -0.236. The first kappa shape index (κ1) is 41.7. The van der Waals surface area contributed by atoms with Gasteiger partial charge < -0.3 is 9.64 Å². The van der Waals surface area contributed by atoms with Gasteiger partial charge in [0, 0.05) is 59.2 Å². The highest BCUT2D eigenvalue weighted by Gasteiger charge is 2.37. The summed E-state index contributed by atoms with van der Waals surface area (Å²) < 4.78 is 9.39. The second-order valence-corrected chi connectivity index (χ2v) is 18.6. The molecule has 0 saturated heterocycles. The number of rotatable bonds is 6. The van der Waals surface area contributed by atoms with E-state index < -0.39 is 0 Å². The smallest absolute Gasteiger partial charge is 0.140 e. The van der Waals surface area contributed by atoms with Crippen molar-refractivity contribution in [2.24, 2.45) is 0 Å². The molecule has 3 heteroatoms. The monoisotopic (exact) mass is 837 g/mol. The van der Waals surface area contributed by atoms with Gasteiger partial charge in [-0.15, -0.1) is 24.5 Å². The van der Waals surface area contributed by atoms with Crippen molar-refractivity contribution in [2.75, 3.05) is 4.90 Å². The molecule has 9 aromatic rings. The zero-order valence-electron chi connectivity index (χ0n) is 37.3. The van der Waals surface area contributed by atoms with E-state index in [1.54, 1.807) is 0 Å². The Morgan fingerprint density at radius 2 is 1.02 bits per heavy atom. The van der Waals surface area contributed by atoms with E-state index in [1.807, 2.05) is 11.3 Å². The van der Waals surface area contributed by atoms with Crippen LogP contribution < -0.4 is 9.64 Å². The predicted molar refractivity (Wildman–Crippen MR) is 273 cm³/mol. The molecule has 0 atom stereocenters. The first-order valence-corrected chi connectivity index (χ1v) is 23.1. The van der Waals surface area contributed by atoms with E-state index >= 15 is 0 Å². The van der Waals surface area contributed by atoms with Crippen molar-refractivity contribution >= 4 is 48.6 Å². The van der Waals surface area contributed by atoms with Gasteiger partial charge in [0.1, 0.15) is 11.5 Å². The largest absolute Gasteiger partial charge is 0.456 e. The molecule has 2 aliphatic rings. The average molecular weight is 838 g/mol. The maximum Gasteiger partial charge on any atom is 0.140 e. The van der Waals surface area contributed by atoms with E-state index in [2.05, 4.69) is 236 Å². The van der Waals surface area contributed by atoms with Crippen molar-refractivity contribution in [3.63, 3.8) is 0 Å². The van der Waals surface area contributed by atoms with Crippen molar-refractivity contribution in [2.45, 2.75) is 65.2 Å². The van der Waals surface area contributed by atoms with Crippen LogP contribution in [0.15, 0.2) is 189 Å². The van der Waals surface area contributed by atoms with Gasteiger partial charge in [-0.1, -0.05) is 170 Å². The first-order chi connectivity index (χ1) is 30.7. The molecule has 0 N–H and O–H groups in total. The molecule has 0 radical (unpaired) electrons. The molecule has 0 amide bonds. The fraction of sp³-hybridized carbons (Fsp3) is 0.167. The molecule has 0 spiro atoms. The number of hydrogen-bond donors (Lipinski definition) is 0. The Kier molecular flexibility index (Phi) is 11.2. The molecule has 1 aromatic heterocycles. The van der Waals surface area contributed by atoms with E-state index in [4.69, 9.17) is 4.74 Å². The van der Waals surface area contributed by atoms with Gasteiger partial charge in [0.2, 0.25) is 0 Å². The fourth-order valence-electron chi connectivity index (χ4n) is 9.44. The van der Waals surface area contributed by atoms with Crippen LogP contribution in [-0.4, -0.2) is 0 Å². The Labute approximate surface area is 377 Å². The molecule has 312 valence electrons. The Balaban J connectivity index is 0.000000798. The van der Waals surface area contributed by atoms with Crippen LogP contribution in [0.2, 0.25) is 0 Å². The normalized spacial score (nSPS) is 13.6. The van der Waals surface area contributed by atoms with Gasteiger partial charge in [-0.25, -0.2) is 0 Å². The van der Waals surface area contributed by atoms with Gasteiger partial charge in [-0.05, 0) is 105 Å². The lowest BCUT2D eigenvalue weighted by molar-refractivity contribution is 0.423. The summed E-state index contributed by atoms with van der Waals surface area (Å²) >= 11 is 1.83. The number of unbranched alkanes of at least 4 members (excludes halogenated alkanes) is 1. The minimum Gasteiger partial charge on any atom is -0.456 e. The standard InChI is InChI=1S/C54H41NOS.C4H10.C2H4/c1-53(2)44-16-10-8-14-41(44)42-28-27-40(33-46(42)53)55(38-23-18-35(19-24-38)34-12-6-5-7-13-34)39-25-20-36(21-26-39)37-22-30-48-47(32-37)54(3,4)45-29-31-50-51(52(45)56-48)43-15-9-11-17-49(43)57-50;1-3-4-2;1-2/h5-33H,1-4H3;3-4H2,1-2H3;1-2H2. The Hall–Kier alpha value is -6.68. The topological polar surface area (TPSA) is 12.5 Å². The second-order valence-electron chi connectivity index (χ2n) is 17.5. The van der Waals surface area contributed by atoms with Gasteiger partial charge in [-0.2, -0.15) is 0 Å². The summed E-state index contributed by atoms with van der Waals surface area (Å²) in [7, 11) is 0. The number of benzene rings is 8. The summed E-state index contributed by atoms with van der Waals surface area (Å²) in [4.78, 5) is 2.40. The first-order valence-electron chi connectivity index (χ1n) is 22.2. The summed E-state index contributed by atoms with van der Waals surface area (Å²) in [6.45, 7) is 19.7. The van der Waals surface area contributed by atoms with E-state index in [-0.39, 0.29) is 10.8 Å². The molecular formula is C60H55NOS. The molecule has 1 aliphatic heterocycles. The highest BCUT2D eigenvalue weighted by atomic mass is 32.1. The number of nitrogens with zero attached hydrogens (tertiary/aromatic N) is 1. The lowest BCUT2D eigenvalue weighted by atomic mass is 9.74. The van der Waals surface area contributed by atoms with Crippen LogP contribution in [0.25, 0.3) is 53.6 Å². The third kappa shape index (κ3) is 7.25. The Morgan fingerprint density at radius 3 is 1.71 bits per heavy atom. The van der Waals surface area contributed by atoms with Crippen LogP contribution in [0.5, 0.6) is 11.5 Å². The molecule has 1 aliphatic carbocycles. The highest BCUT2D eigenvalue weighted by molar-refractivity contribution is 7.25. The predicted octanol–water partition coefficient (Wildman–Crippen LogP) is 18.2. The third-order valence-corrected chi connectivity index (χ3v) is 14.2.